The van der Waals surface area contributed by atoms with Crippen LogP contribution in [-0.4, -0.2) is 13.3 Å². The van der Waals surface area contributed by atoms with Crippen molar-refractivity contribution >= 4 is 41.3 Å². The molecule has 35 heavy (non-hydrogen) atoms. The van der Waals surface area contributed by atoms with Gasteiger partial charge in [-0.15, -0.1) is 0 Å². The highest BCUT2D eigenvalue weighted by Crippen LogP contribution is 2.45. The smallest absolute Gasteiger partial charge is 0.0273 e. The van der Waals surface area contributed by atoms with Crippen LogP contribution in [0.4, 0.5) is 0 Å². The van der Waals surface area contributed by atoms with Gasteiger partial charge in [0, 0.05) is 19.7 Å². The van der Waals surface area contributed by atoms with Crippen LogP contribution in [0.2, 0.25) is 0 Å². The molecule has 0 aliphatic rings. The van der Waals surface area contributed by atoms with Crippen LogP contribution in [0.3, 0.4) is 0 Å². The minimum Gasteiger partial charge on any atom is -0.301 e. The van der Waals surface area contributed by atoms with Crippen molar-refractivity contribution in [1.82, 2.24) is 0 Å². The molecule has 1 nitrogen and oxygen atoms in total. The molecule has 4 aromatic rings. The first-order valence-electron chi connectivity index (χ1n) is 11.8. The molecule has 1 heteroatoms. The van der Waals surface area contributed by atoms with Crippen molar-refractivity contribution < 1.29 is 0 Å². The number of aliphatic imine (C=N–C) groups is 1. The molecule has 0 amide bonds. The van der Waals surface area contributed by atoms with Crippen molar-refractivity contribution in [3.8, 4) is 22.3 Å². The third-order valence-electron chi connectivity index (χ3n) is 6.59. The molecule has 0 bridgehead atoms. The van der Waals surface area contributed by atoms with Crippen molar-refractivity contribution in [2.24, 2.45) is 4.99 Å². The van der Waals surface area contributed by atoms with Crippen LogP contribution in [0.1, 0.15) is 33.4 Å². The van der Waals surface area contributed by atoms with Crippen LogP contribution in [0, 0.1) is 6.92 Å². The largest absolute Gasteiger partial charge is 0.301 e. The van der Waals surface area contributed by atoms with E-state index in [1.807, 2.05) is 30.5 Å². The van der Waals surface area contributed by atoms with Crippen LogP contribution in [-0.2, 0) is 6.42 Å². The number of hydrogen-bond acceptors (Lipinski definition) is 1. The lowest BCUT2D eigenvalue weighted by molar-refractivity contribution is 1.31. The standard InChI is InChI=1S/C34H31N/c1-7-26-24(21-22-35-6)19-20-32(27(26)8-2)34-29(10-4)28(9-3)33(25-17-15-23(5)16-18-25)30-13-11-12-14-31(30)34/h7-20,22H,1-4,21H2,5-6H3. The first-order chi connectivity index (χ1) is 17.1. The molecule has 0 fully saturated rings. The molecule has 0 saturated carbocycles. The van der Waals surface area contributed by atoms with Crippen LogP contribution in [0.15, 0.2) is 92.0 Å². The topological polar surface area (TPSA) is 12.4 Å². The van der Waals surface area contributed by atoms with Crippen LogP contribution >= 0.6 is 0 Å². The van der Waals surface area contributed by atoms with Crippen molar-refractivity contribution in [3.05, 3.63) is 120 Å². The molecule has 0 aliphatic heterocycles. The number of hydrogen-bond donors (Lipinski definition) is 0. The second kappa shape index (κ2) is 10.4. The molecule has 0 aliphatic carbocycles. The van der Waals surface area contributed by atoms with Gasteiger partial charge in [0.25, 0.3) is 0 Å². The number of fused-ring (bicyclic) bond motifs is 1. The zero-order valence-corrected chi connectivity index (χ0v) is 20.6. The van der Waals surface area contributed by atoms with Gasteiger partial charge in [0.1, 0.15) is 0 Å². The Bertz CT molecular complexity index is 1480. The van der Waals surface area contributed by atoms with Crippen molar-refractivity contribution in [2.75, 3.05) is 7.05 Å². The van der Waals surface area contributed by atoms with E-state index in [-0.39, 0.29) is 0 Å². The number of aryl methyl sites for hydroxylation is 1. The lowest BCUT2D eigenvalue weighted by atomic mass is 9.81. The Kier molecular flexibility index (Phi) is 7.08. The molecule has 172 valence electrons. The Hall–Kier alpha value is -4.23. The molecular weight excluding hydrogens is 422 g/mol. The lowest BCUT2D eigenvalue weighted by Gasteiger charge is -2.22. The Labute approximate surface area is 209 Å². The van der Waals surface area contributed by atoms with Crippen LogP contribution < -0.4 is 0 Å². The minimum atomic E-state index is 0.748. The number of benzene rings is 4. The molecule has 0 N–H and O–H groups in total. The first-order valence-corrected chi connectivity index (χ1v) is 11.8. The van der Waals surface area contributed by atoms with Gasteiger partial charge in [-0.3, -0.25) is 0 Å². The fourth-order valence-electron chi connectivity index (χ4n) is 4.95. The number of rotatable bonds is 8. The monoisotopic (exact) mass is 453 g/mol. The van der Waals surface area contributed by atoms with Gasteiger partial charge in [-0.05, 0) is 67.8 Å². The van der Waals surface area contributed by atoms with Crippen molar-refractivity contribution in [2.45, 2.75) is 13.3 Å². The van der Waals surface area contributed by atoms with Gasteiger partial charge >= 0.3 is 0 Å². The van der Waals surface area contributed by atoms with Gasteiger partial charge in [0.15, 0.2) is 0 Å². The summed E-state index contributed by atoms with van der Waals surface area (Å²) in [5.74, 6) is 0. The zero-order chi connectivity index (χ0) is 24.9. The second-order valence-electron chi connectivity index (χ2n) is 8.55. The average Bonchev–Trinajstić information content (AvgIpc) is 2.90. The SMILES string of the molecule is C=Cc1c(CC=NC)ccc(-c2c(C=C)c(C=C)c(-c3ccc(C)cc3)c3ccccc23)c1C=C. The van der Waals surface area contributed by atoms with Crippen molar-refractivity contribution in [3.63, 3.8) is 0 Å². The lowest BCUT2D eigenvalue weighted by Crippen LogP contribution is -2.00. The summed E-state index contributed by atoms with van der Waals surface area (Å²) in [6.07, 6.45) is 10.4. The molecule has 0 saturated heterocycles. The highest BCUT2D eigenvalue weighted by atomic mass is 14.6. The molecule has 0 spiro atoms. The summed E-state index contributed by atoms with van der Waals surface area (Å²) in [5, 5.41) is 2.36. The molecule has 0 aromatic heterocycles. The Balaban J connectivity index is 2.16. The maximum Gasteiger partial charge on any atom is 0.0273 e. The van der Waals surface area contributed by atoms with E-state index in [4.69, 9.17) is 0 Å². The van der Waals surface area contributed by atoms with E-state index in [9.17, 15) is 0 Å². The van der Waals surface area contributed by atoms with Gasteiger partial charge in [0.2, 0.25) is 0 Å². The van der Waals surface area contributed by atoms with E-state index < -0.39 is 0 Å². The average molecular weight is 454 g/mol. The Morgan fingerprint density at radius 2 is 1.23 bits per heavy atom. The highest BCUT2D eigenvalue weighted by molar-refractivity contribution is 6.12. The second-order valence-corrected chi connectivity index (χ2v) is 8.55. The van der Waals surface area contributed by atoms with E-state index in [2.05, 4.69) is 98.9 Å². The summed E-state index contributed by atoms with van der Waals surface area (Å²) >= 11 is 0. The molecule has 0 unspecified atom stereocenters. The maximum absolute atomic E-state index is 4.23. The highest BCUT2D eigenvalue weighted by Gasteiger charge is 2.21. The van der Waals surface area contributed by atoms with Crippen LogP contribution in [0.5, 0.6) is 0 Å². The minimum absolute atomic E-state index is 0.748. The Morgan fingerprint density at radius 3 is 1.80 bits per heavy atom. The third kappa shape index (κ3) is 4.22. The molecule has 0 radical (unpaired) electrons. The quantitative estimate of drug-likeness (QED) is 0.236. The summed E-state index contributed by atoms with van der Waals surface area (Å²) in [6, 6.07) is 21.6. The van der Waals surface area contributed by atoms with E-state index in [0.29, 0.717) is 0 Å². The van der Waals surface area contributed by atoms with Crippen LogP contribution in [0.25, 0.3) is 57.3 Å². The van der Waals surface area contributed by atoms with Gasteiger partial charge < -0.3 is 4.99 Å². The maximum atomic E-state index is 4.23. The third-order valence-corrected chi connectivity index (χ3v) is 6.59. The van der Waals surface area contributed by atoms with Gasteiger partial charge in [-0.1, -0.05) is 117 Å². The molecule has 4 aromatic carbocycles. The predicted molar refractivity (Wildman–Crippen MR) is 158 cm³/mol. The normalized spacial score (nSPS) is 11.0. The predicted octanol–water partition coefficient (Wildman–Crippen LogP) is 9.30. The van der Waals surface area contributed by atoms with E-state index in [1.54, 1.807) is 7.05 Å². The summed E-state index contributed by atoms with van der Waals surface area (Å²) < 4.78 is 0. The van der Waals surface area contributed by atoms with Crippen molar-refractivity contribution in [1.29, 1.82) is 0 Å². The molecule has 0 heterocycles. The zero-order valence-electron chi connectivity index (χ0n) is 20.6. The number of nitrogens with zero attached hydrogens (tertiary/aromatic N) is 1. The van der Waals surface area contributed by atoms with Gasteiger partial charge in [-0.2, -0.15) is 0 Å². The Morgan fingerprint density at radius 1 is 0.657 bits per heavy atom. The fourth-order valence-corrected chi connectivity index (χ4v) is 4.95. The fraction of sp³-hybridized carbons (Fsp3) is 0.0882. The van der Waals surface area contributed by atoms with E-state index >= 15 is 0 Å². The summed E-state index contributed by atoms with van der Waals surface area (Å²) in [5.41, 5.74) is 11.3. The molecule has 0 atom stereocenters. The first kappa shape index (κ1) is 23.9. The van der Waals surface area contributed by atoms with Gasteiger partial charge in [-0.25, -0.2) is 0 Å². The summed E-state index contributed by atoms with van der Waals surface area (Å²) in [7, 11) is 1.80. The molecular formula is C34H31N. The molecule has 4 rings (SSSR count). The van der Waals surface area contributed by atoms with Gasteiger partial charge in [0.05, 0.1) is 0 Å². The van der Waals surface area contributed by atoms with E-state index in [0.717, 1.165) is 39.8 Å². The van der Waals surface area contributed by atoms with E-state index in [1.165, 1.54) is 33.0 Å². The summed E-state index contributed by atoms with van der Waals surface area (Å²) in [4.78, 5) is 4.17. The summed E-state index contributed by atoms with van der Waals surface area (Å²) in [6.45, 7) is 18.8.